The third-order valence-corrected chi connectivity index (χ3v) is 3.02. The number of ether oxygens (including phenoxy) is 1. The zero-order valence-electron chi connectivity index (χ0n) is 12.7. The van der Waals surface area contributed by atoms with Gasteiger partial charge in [0.1, 0.15) is 5.75 Å². The maximum atomic E-state index is 11.6. The Labute approximate surface area is 131 Å². The lowest BCUT2D eigenvalue weighted by atomic mass is 10.1. The molecule has 0 aliphatic heterocycles. The summed E-state index contributed by atoms with van der Waals surface area (Å²) in [5.74, 6) is 1.02. The van der Waals surface area contributed by atoms with Crippen LogP contribution in [0, 0.1) is 12.8 Å². The summed E-state index contributed by atoms with van der Waals surface area (Å²) in [5.41, 5.74) is 6.13. The van der Waals surface area contributed by atoms with Crippen molar-refractivity contribution < 1.29 is 9.53 Å². The molecule has 5 nitrogen and oxygen atoms in total. The molecule has 0 aromatic heterocycles. The van der Waals surface area contributed by atoms with Crippen LogP contribution in [0.25, 0.3) is 0 Å². The number of hydrogen-bond donors (Lipinski definition) is 3. The molecule has 0 radical (unpaired) electrons. The van der Waals surface area contributed by atoms with Crippen LogP contribution in [0.5, 0.6) is 5.75 Å². The molecule has 3 N–H and O–H groups in total. The molecule has 0 spiro atoms. The zero-order chi connectivity index (χ0) is 15.7. The summed E-state index contributed by atoms with van der Waals surface area (Å²) in [6.45, 7) is 6.93. The fraction of sp³-hybridized carbons (Fsp3) is 0.467. The molecule has 0 aliphatic rings. The Morgan fingerprint density at radius 3 is 2.67 bits per heavy atom. The monoisotopic (exact) mass is 309 g/mol. The van der Waals surface area contributed by atoms with Crippen LogP contribution in [0.15, 0.2) is 24.3 Å². The van der Waals surface area contributed by atoms with Gasteiger partial charge in [0.2, 0.25) is 0 Å². The first kappa shape index (κ1) is 17.2. The van der Waals surface area contributed by atoms with Crippen LogP contribution >= 0.6 is 12.2 Å². The van der Waals surface area contributed by atoms with E-state index in [4.69, 9.17) is 17.0 Å². The molecule has 0 atom stereocenters. The molecule has 6 heteroatoms. The number of carbonyl (C=O) groups excluding carboxylic acids is 1. The molecule has 0 saturated heterocycles. The minimum Gasteiger partial charge on any atom is -0.483 e. The fourth-order valence-electron chi connectivity index (χ4n) is 1.54. The Kier molecular flexibility index (Phi) is 7.53. The van der Waals surface area contributed by atoms with Gasteiger partial charge in [0, 0.05) is 6.54 Å². The summed E-state index contributed by atoms with van der Waals surface area (Å²) < 4.78 is 5.43. The SMILES string of the molecule is Cc1ccccc1OCC(=O)NNC(=S)NCCC(C)C. The summed E-state index contributed by atoms with van der Waals surface area (Å²) in [4.78, 5) is 11.6. The topological polar surface area (TPSA) is 62.4 Å². The molecule has 0 aliphatic carbocycles. The molecule has 1 amide bonds. The quantitative estimate of drug-likeness (QED) is 0.553. The van der Waals surface area contributed by atoms with E-state index >= 15 is 0 Å². The second kappa shape index (κ2) is 9.18. The van der Waals surface area contributed by atoms with Gasteiger partial charge in [-0.2, -0.15) is 0 Å². The van der Waals surface area contributed by atoms with Gasteiger partial charge in [-0.1, -0.05) is 32.0 Å². The van der Waals surface area contributed by atoms with Crippen LogP contribution in [0.1, 0.15) is 25.8 Å². The van der Waals surface area contributed by atoms with Gasteiger partial charge in [-0.05, 0) is 43.1 Å². The smallest absolute Gasteiger partial charge is 0.276 e. The fourth-order valence-corrected chi connectivity index (χ4v) is 1.70. The van der Waals surface area contributed by atoms with E-state index in [1.807, 2.05) is 31.2 Å². The predicted molar refractivity (Wildman–Crippen MR) is 88.0 cm³/mol. The van der Waals surface area contributed by atoms with E-state index in [1.54, 1.807) is 0 Å². The van der Waals surface area contributed by atoms with Crippen LogP contribution in [0.2, 0.25) is 0 Å². The van der Waals surface area contributed by atoms with Crippen LogP contribution in [0.4, 0.5) is 0 Å². The average Bonchev–Trinajstić information content (AvgIpc) is 2.44. The second-order valence-corrected chi connectivity index (χ2v) is 5.57. The van der Waals surface area contributed by atoms with Gasteiger partial charge in [-0.25, -0.2) is 0 Å². The third-order valence-electron chi connectivity index (χ3n) is 2.78. The van der Waals surface area contributed by atoms with Crippen molar-refractivity contribution in [1.29, 1.82) is 0 Å². The van der Waals surface area contributed by atoms with Gasteiger partial charge in [0.15, 0.2) is 11.7 Å². The second-order valence-electron chi connectivity index (χ2n) is 5.17. The number of para-hydroxylation sites is 1. The summed E-state index contributed by atoms with van der Waals surface area (Å²) in [6.07, 6.45) is 1.02. The van der Waals surface area contributed by atoms with E-state index in [0.29, 0.717) is 16.8 Å². The molecular weight excluding hydrogens is 286 g/mol. The van der Waals surface area contributed by atoms with Gasteiger partial charge >= 0.3 is 0 Å². The van der Waals surface area contributed by atoms with Gasteiger partial charge in [-0.15, -0.1) is 0 Å². The van der Waals surface area contributed by atoms with Crippen LogP contribution in [-0.4, -0.2) is 24.2 Å². The van der Waals surface area contributed by atoms with Crippen molar-refractivity contribution in [1.82, 2.24) is 16.2 Å². The van der Waals surface area contributed by atoms with Crippen molar-refractivity contribution in [2.75, 3.05) is 13.2 Å². The Morgan fingerprint density at radius 2 is 2.00 bits per heavy atom. The molecule has 0 heterocycles. The van der Waals surface area contributed by atoms with E-state index in [1.165, 1.54) is 0 Å². The van der Waals surface area contributed by atoms with E-state index in [-0.39, 0.29) is 12.5 Å². The number of nitrogens with one attached hydrogen (secondary N) is 3. The van der Waals surface area contributed by atoms with E-state index in [2.05, 4.69) is 30.0 Å². The van der Waals surface area contributed by atoms with E-state index in [9.17, 15) is 4.79 Å². The number of rotatable bonds is 6. The van der Waals surface area contributed by atoms with Crippen molar-refractivity contribution in [3.05, 3.63) is 29.8 Å². The number of carbonyl (C=O) groups is 1. The Morgan fingerprint density at radius 1 is 1.29 bits per heavy atom. The summed E-state index contributed by atoms with van der Waals surface area (Å²) in [6, 6.07) is 7.55. The van der Waals surface area contributed by atoms with Crippen molar-refractivity contribution >= 4 is 23.2 Å². The molecule has 21 heavy (non-hydrogen) atoms. The van der Waals surface area contributed by atoms with Crippen LogP contribution < -0.4 is 20.9 Å². The Hall–Kier alpha value is -1.82. The van der Waals surface area contributed by atoms with Gasteiger partial charge < -0.3 is 10.1 Å². The lowest BCUT2D eigenvalue weighted by Crippen LogP contribution is -2.48. The van der Waals surface area contributed by atoms with Gasteiger partial charge in [0.05, 0.1) is 0 Å². The van der Waals surface area contributed by atoms with Crippen molar-refractivity contribution in [2.45, 2.75) is 27.2 Å². The standard InChI is InChI=1S/C15H23N3O2S/c1-11(2)8-9-16-15(21)18-17-14(19)10-20-13-7-5-4-6-12(13)3/h4-7,11H,8-10H2,1-3H3,(H,17,19)(H2,16,18,21). The Balaban J connectivity index is 2.19. The highest BCUT2D eigenvalue weighted by molar-refractivity contribution is 7.80. The maximum Gasteiger partial charge on any atom is 0.276 e. The summed E-state index contributed by atoms with van der Waals surface area (Å²) >= 11 is 5.05. The zero-order valence-corrected chi connectivity index (χ0v) is 13.5. The Bertz CT molecular complexity index is 478. The minimum absolute atomic E-state index is 0.0630. The third kappa shape index (κ3) is 7.51. The van der Waals surface area contributed by atoms with Crippen LogP contribution in [-0.2, 0) is 4.79 Å². The number of thiocarbonyl (C=S) groups is 1. The summed E-state index contributed by atoms with van der Waals surface area (Å²) in [7, 11) is 0. The highest BCUT2D eigenvalue weighted by atomic mass is 32.1. The first-order valence-corrected chi connectivity index (χ1v) is 7.41. The number of amides is 1. The van der Waals surface area contributed by atoms with Crippen molar-refractivity contribution in [3.8, 4) is 5.75 Å². The molecule has 0 bridgehead atoms. The number of hydrogen-bond acceptors (Lipinski definition) is 3. The highest BCUT2D eigenvalue weighted by Crippen LogP contribution is 2.15. The maximum absolute atomic E-state index is 11.6. The summed E-state index contributed by atoms with van der Waals surface area (Å²) in [5, 5.41) is 3.42. The predicted octanol–water partition coefficient (Wildman–Crippen LogP) is 1.92. The first-order valence-electron chi connectivity index (χ1n) is 7.00. The highest BCUT2D eigenvalue weighted by Gasteiger charge is 2.04. The molecule has 1 aromatic carbocycles. The molecule has 0 saturated carbocycles. The molecular formula is C15H23N3O2S. The minimum atomic E-state index is -0.286. The normalized spacial score (nSPS) is 10.1. The lowest BCUT2D eigenvalue weighted by molar-refractivity contribution is -0.123. The van der Waals surface area contributed by atoms with Crippen molar-refractivity contribution in [3.63, 3.8) is 0 Å². The van der Waals surface area contributed by atoms with E-state index < -0.39 is 0 Å². The molecule has 0 fully saturated rings. The molecule has 116 valence electrons. The van der Waals surface area contributed by atoms with Crippen molar-refractivity contribution in [2.24, 2.45) is 5.92 Å². The number of benzene rings is 1. The number of aryl methyl sites for hydroxylation is 1. The molecule has 0 unspecified atom stereocenters. The largest absolute Gasteiger partial charge is 0.483 e. The van der Waals surface area contributed by atoms with Crippen LogP contribution in [0.3, 0.4) is 0 Å². The van der Waals surface area contributed by atoms with Gasteiger partial charge in [-0.3, -0.25) is 15.6 Å². The number of hydrazine groups is 1. The average molecular weight is 309 g/mol. The molecule has 1 rings (SSSR count). The lowest BCUT2D eigenvalue weighted by Gasteiger charge is -2.13. The van der Waals surface area contributed by atoms with E-state index in [0.717, 1.165) is 18.5 Å². The van der Waals surface area contributed by atoms with Gasteiger partial charge in [0.25, 0.3) is 5.91 Å². The first-order chi connectivity index (χ1) is 9.99. The molecule has 1 aromatic rings.